The molecule has 0 atom stereocenters. The lowest BCUT2D eigenvalue weighted by atomic mass is 10.1. The van der Waals surface area contributed by atoms with Crippen molar-refractivity contribution in [2.24, 2.45) is 4.99 Å². The normalized spacial score (nSPS) is 13.3. The molecule has 2 aromatic rings. The zero-order valence-electron chi connectivity index (χ0n) is 14.4. The summed E-state index contributed by atoms with van der Waals surface area (Å²) in [7, 11) is 0. The maximum absolute atomic E-state index is 12.7. The van der Waals surface area contributed by atoms with Crippen LogP contribution in [0.15, 0.2) is 35.5 Å². The Balaban J connectivity index is 2.41. The topological polar surface area (TPSA) is 46.4 Å². The molecule has 8 heteroatoms. The predicted molar refractivity (Wildman–Crippen MR) is 91.5 cm³/mol. The van der Waals surface area contributed by atoms with Crippen molar-refractivity contribution >= 4 is 17.2 Å². The highest BCUT2D eigenvalue weighted by Crippen LogP contribution is 2.29. The lowest BCUT2D eigenvalue weighted by Gasteiger charge is -2.19. The first kappa shape index (κ1) is 19.4. The predicted octanol–water partition coefficient (Wildman–Crippen LogP) is 3.89. The van der Waals surface area contributed by atoms with Gasteiger partial charge in [0.05, 0.1) is 5.56 Å². The zero-order chi connectivity index (χ0) is 18.8. The summed E-state index contributed by atoms with van der Waals surface area (Å²) in [6.07, 6.45) is -2.60. The average molecular weight is 371 g/mol. The quantitative estimate of drug-likeness (QED) is 0.890. The Morgan fingerprint density at radius 3 is 2.28 bits per heavy atom. The SMILES string of the molecule is CC(=O)/N=c1\sc(CNC(C)(C)C)cn1-c1ccc(C(F)(F)F)cc1. The minimum Gasteiger partial charge on any atom is -0.307 e. The first-order chi connectivity index (χ1) is 11.5. The molecule has 0 saturated carbocycles. The van der Waals surface area contributed by atoms with Gasteiger partial charge in [0.2, 0.25) is 5.91 Å². The van der Waals surface area contributed by atoms with Crippen LogP contribution in [-0.4, -0.2) is 16.0 Å². The molecule has 25 heavy (non-hydrogen) atoms. The van der Waals surface area contributed by atoms with Crippen LogP contribution in [-0.2, 0) is 17.5 Å². The molecule has 0 aliphatic rings. The van der Waals surface area contributed by atoms with Gasteiger partial charge >= 0.3 is 6.18 Å². The van der Waals surface area contributed by atoms with E-state index in [2.05, 4.69) is 10.3 Å². The summed E-state index contributed by atoms with van der Waals surface area (Å²) < 4.78 is 39.8. The number of nitrogens with one attached hydrogen (secondary N) is 1. The van der Waals surface area contributed by atoms with Gasteiger partial charge in [-0.05, 0) is 45.0 Å². The molecule has 1 aromatic carbocycles. The molecule has 1 N–H and O–H groups in total. The summed E-state index contributed by atoms with van der Waals surface area (Å²) in [5.41, 5.74) is -0.279. The van der Waals surface area contributed by atoms with Crippen LogP contribution >= 0.6 is 11.3 Å². The van der Waals surface area contributed by atoms with Crippen LogP contribution in [0.1, 0.15) is 38.1 Å². The van der Waals surface area contributed by atoms with E-state index in [0.29, 0.717) is 17.0 Å². The Morgan fingerprint density at radius 1 is 1.20 bits per heavy atom. The smallest absolute Gasteiger partial charge is 0.307 e. The number of hydrogen-bond donors (Lipinski definition) is 1. The number of rotatable bonds is 3. The third-order valence-corrected chi connectivity index (χ3v) is 4.20. The molecular weight excluding hydrogens is 351 g/mol. The number of aromatic nitrogens is 1. The number of nitrogens with zero attached hydrogens (tertiary/aromatic N) is 2. The van der Waals surface area contributed by atoms with Crippen molar-refractivity contribution in [1.82, 2.24) is 9.88 Å². The molecule has 0 radical (unpaired) electrons. The second kappa shape index (κ2) is 7.13. The second-order valence-electron chi connectivity index (χ2n) is 6.63. The highest BCUT2D eigenvalue weighted by atomic mass is 32.1. The van der Waals surface area contributed by atoms with E-state index < -0.39 is 11.7 Å². The van der Waals surface area contributed by atoms with E-state index in [-0.39, 0.29) is 11.4 Å². The van der Waals surface area contributed by atoms with Gasteiger partial charge in [0.25, 0.3) is 0 Å². The highest BCUT2D eigenvalue weighted by Gasteiger charge is 2.30. The average Bonchev–Trinajstić information content (AvgIpc) is 2.86. The number of benzene rings is 1. The van der Waals surface area contributed by atoms with Gasteiger partial charge in [0, 0.05) is 35.8 Å². The van der Waals surface area contributed by atoms with Gasteiger partial charge in [-0.1, -0.05) is 11.3 Å². The van der Waals surface area contributed by atoms with Gasteiger partial charge in [0.1, 0.15) is 0 Å². The monoisotopic (exact) mass is 371 g/mol. The summed E-state index contributed by atoms with van der Waals surface area (Å²) >= 11 is 1.32. The van der Waals surface area contributed by atoms with Crippen molar-refractivity contribution in [2.75, 3.05) is 0 Å². The van der Waals surface area contributed by atoms with Crippen molar-refractivity contribution in [3.63, 3.8) is 0 Å². The lowest BCUT2D eigenvalue weighted by Crippen LogP contribution is -2.34. The Bertz CT molecular complexity index is 811. The third kappa shape index (κ3) is 5.54. The fraction of sp³-hybridized carbons (Fsp3) is 0.412. The molecule has 1 amide bonds. The molecule has 0 bridgehead atoms. The van der Waals surface area contributed by atoms with Crippen LogP contribution in [0, 0.1) is 0 Å². The molecule has 1 heterocycles. The first-order valence-corrected chi connectivity index (χ1v) is 8.47. The van der Waals surface area contributed by atoms with Crippen molar-refractivity contribution in [3.8, 4) is 5.69 Å². The zero-order valence-corrected chi connectivity index (χ0v) is 15.3. The number of thiazole rings is 1. The van der Waals surface area contributed by atoms with Gasteiger partial charge in [-0.2, -0.15) is 18.2 Å². The van der Waals surface area contributed by atoms with Crippen LogP contribution in [0.4, 0.5) is 13.2 Å². The van der Waals surface area contributed by atoms with Crippen LogP contribution in [0.5, 0.6) is 0 Å². The van der Waals surface area contributed by atoms with Gasteiger partial charge < -0.3 is 5.32 Å². The number of carbonyl (C=O) groups is 1. The lowest BCUT2D eigenvalue weighted by molar-refractivity contribution is -0.137. The molecule has 0 saturated heterocycles. The summed E-state index contributed by atoms with van der Waals surface area (Å²) in [4.78, 5) is 16.7. The number of hydrogen-bond acceptors (Lipinski definition) is 3. The molecule has 0 aliphatic heterocycles. The third-order valence-electron chi connectivity index (χ3n) is 3.22. The van der Waals surface area contributed by atoms with Crippen LogP contribution in [0.3, 0.4) is 0 Å². The number of amides is 1. The maximum atomic E-state index is 12.7. The summed E-state index contributed by atoms with van der Waals surface area (Å²) in [5.74, 6) is -0.363. The van der Waals surface area contributed by atoms with Crippen molar-refractivity contribution < 1.29 is 18.0 Å². The molecule has 0 spiro atoms. The molecule has 1 aromatic heterocycles. The highest BCUT2D eigenvalue weighted by molar-refractivity contribution is 7.09. The van der Waals surface area contributed by atoms with Gasteiger partial charge in [-0.25, -0.2) is 0 Å². The number of halogens is 3. The molecule has 136 valence electrons. The van der Waals surface area contributed by atoms with E-state index in [9.17, 15) is 18.0 Å². The van der Waals surface area contributed by atoms with E-state index in [1.54, 1.807) is 10.8 Å². The van der Waals surface area contributed by atoms with Crippen molar-refractivity contribution in [3.05, 3.63) is 45.7 Å². The minimum atomic E-state index is -4.38. The molecule has 2 rings (SSSR count). The largest absolute Gasteiger partial charge is 0.416 e. The summed E-state index contributed by atoms with van der Waals surface area (Å²) in [6.45, 7) is 8.01. The van der Waals surface area contributed by atoms with Gasteiger partial charge in [0.15, 0.2) is 4.80 Å². The molecule has 0 aliphatic carbocycles. The second-order valence-corrected chi connectivity index (χ2v) is 7.72. The van der Waals surface area contributed by atoms with Crippen molar-refractivity contribution in [1.29, 1.82) is 0 Å². The van der Waals surface area contributed by atoms with E-state index in [4.69, 9.17) is 0 Å². The van der Waals surface area contributed by atoms with Gasteiger partial charge in [-0.15, -0.1) is 0 Å². The van der Waals surface area contributed by atoms with E-state index in [1.807, 2.05) is 20.8 Å². The summed E-state index contributed by atoms with van der Waals surface area (Å²) in [5, 5.41) is 3.33. The maximum Gasteiger partial charge on any atom is 0.416 e. The standard InChI is InChI=1S/C17H20F3N3OS/c1-11(24)22-15-23(10-14(25-15)9-21-16(2,3)4)13-7-5-12(6-8-13)17(18,19)20/h5-8,10,21H,9H2,1-4H3/b22-15-. The van der Waals surface area contributed by atoms with Crippen molar-refractivity contribution in [2.45, 2.75) is 46.0 Å². The number of carbonyl (C=O) groups excluding carboxylic acids is 1. The molecule has 0 fully saturated rings. The van der Waals surface area contributed by atoms with E-state index in [1.165, 1.54) is 30.4 Å². The fourth-order valence-corrected chi connectivity index (χ4v) is 3.00. The van der Waals surface area contributed by atoms with Crippen LogP contribution in [0.2, 0.25) is 0 Å². The Labute approximate surface area is 148 Å². The molecule has 4 nitrogen and oxygen atoms in total. The first-order valence-electron chi connectivity index (χ1n) is 7.65. The fourth-order valence-electron chi connectivity index (χ4n) is 2.03. The van der Waals surface area contributed by atoms with E-state index in [0.717, 1.165) is 17.0 Å². The Kier molecular flexibility index (Phi) is 5.53. The van der Waals surface area contributed by atoms with Crippen LogP contribution < -0.4 is 10.1 Å². The van der Waals surface area contributed by atoms with E-state index >= 15 is 0 Å². The minimum absolute atomic E-state index is 0.0823. The Hall–Kier alpha value is -1.93. The Morgan fingerprint density at radius 2 is 1.80 bits per heavy atom. The van der Waals surface area contributed by atoms with Gasteiger partial charge in [-0.3, -0.25) is 9.36 Å². The summed E-state index contributed by atoms with van der Waals surface area (Å²) in [6, 6.07) is 4.78. The molecular formula is C17H20F3N3OS. The van der Waals surface area contributed by atoms with Crippen LogP contribution in [0.25, 0.3) is 5.69 Å². The number of alkyl halides is 3. The molecule has 0 unspecified atom stereocenters.